The predicted octanol–water partition coefficient (Wildman–Crippen LogP) is 0.589. The Morgan fingerprint density at radius 2 is 1.79 bits per heavy atom. The van der Waals surface area contributed by atoms with Crippen LogP contribution in [-0.2, 0) is 14.8 Å². The van der Waals surface area contributed by atoms with E-state index in [1.807, 2.05) is 6.07 Å². The molecule has 1 fully saturated rings. The highest BCUT2D eigenvalue weighted by Crippen LogP contribution is 2.19. The number of amides is 1. The minimum absolute atomic E-state index is 0.108. The smallest absolute Gasteiger partial charge is 0.279 e. The first-order valence-electron chi connectivity index (χ1n) is 9.74. The lowest BCUT2D eigenvalue weighted by molar-refractivity contribution is -0.892. The number of carbonyl (C=O) groups excluding carboxylic acids is 1. The van der Waals surface area contributed by atoms with Crippen LogP contribution < -0.4 is 15.1 Å². The molecule has 0 aromatic heterocycles. The molecule has 0 spiro atoms. The van der Waals surface area contributed by atoms with E-state index in [2.05, 4.69) is 35.3 Å². The topological polar surface area (TPSA) is 74.2 Å². The molecule has 2 aromatic rings. The second kappa shape index (κ2) is 8.94. The van der Waals surface area contributed by atoms with Gasteiger partial charge in [-0.2, -0.15) is 0 Å². The van der Waals surface area contributed by atoms with Crippen molar-refractivity contribution in [3.8, 4) is 0 Å². The van der Waals surface area contributed by atoms with Gasteiger partial charge in [0, 0.05) is 25.5 Å². The molecule has 1 saturated heterocycles. The number of para-hydroxylation sites is 1. The molecule has 0 bridgehead atoms. The minimum Gasteiger partial charge on any atom is -0.360 e. The fourth-order valence-corrected chi connectivity index (χ4v) is 4.48. The van der Waals surface area contributed by atoms with Crippen LogP contribution in [0.3, 0.4) is 0 Å². The molecule has 2 aromatic carbocycles. The van der Waals surface area contributed by atoms with Crippen LogP contribution in [-0.4, -0.2) is 65.4 Å². The molecule has 29 heavy (non-hydrogen) atoms. The molecule has 0 aliphatic carbocycles. The van der Waals surface area contributed by atoms with Gasteiger partial charge in [0.15, 0.2) is 6.54 Å². The highest BCUT2D eigenvalue weighted by atomic mass is 32.2. The number of carbonyl (C=O) groups is 1. The van der Waals surface area contributed by atoms with E-state index in [4.69, 9.17) is 0 Å². The largest absolute Gasteiger partial charge is 0.360 e. The summed E-state index contributed by atoms with van der Waals surface area (Å²) in [5.74, 6) is -0.108. The van der Waals surface area contributed by atoms with Crippen molar-refractivity contribution in [3.63, 3.8) is 0 Å². The van der Waals surface area contributed by atoms with Gasteiger partial charge in [-0.1, -0.05) is 24.3 Å². The van der Waals surface area contributed by atoms with E-state index in [0.29, 0.717) is 12.2 Å². The lowest BCUT2D eigenvalue weighted by Crippen LogP contribution is -3.15. The van der Waals surface area contributed by atoms with E-state index in [0.717, 1.165) is 30.5 Å². The van der Waals surface area contributed by atoms with Crippen molar-refractivity contribution in [2.24, 2.45) is 0 Å². The first-order chi connectivity index (χ1) is 13.8. The molecular weight excluding hydrogens is 388 g/mol. The molecule has 156 valence electrons. The number of quaternary nitrogens is 1. The van der Waals surface area contributed by atoms with Gasteiger partial charge in [0.25, 0.3) is 5.91 Å². The molecule has 0 unspecified atom stereocenters. The number of aryl methyl sites for hydroxylation is 1. The number of anilines is 2. The van der Waals surface area contributed by atoms with Gasteiger partial charge in [-0.05, 0) is 36.8 Å². The average Bonchev–Trinajstić information content (AvgIpc) is 2.69. The summed E-state index contributed by atoms with van der Waals surface area (Å²) in [5.41, 5.74) is 3.02. The SMILES string of the molecule is Cc1ccccc1N1CC[NH+](CC(=O)Nc2cccc(S(=O)(=O)N(C)C)c2)CC1. The Morgan fingerprint density at radius 3 is 2.45 bits per heavy atom. The molecule has 1 amide bonds. The molecular formula is C21H29N4O3S+. The molecule has 1 aliphatic heterocycles. The fourth-order valence-electron chi connectivity index (χ4n) is 3.54. The summed E-state index contributed by atoms with van der Waals surface area (Å²) in [4.78, 5) is 16.2. The van der Waals surface area contributed by atoms with E-state index in [1.54, 1.807) is 12.1 Å². The maximum absolute atomic E-state index is 12.5. The summed E-state index contributed by atoms with van der Waals surface area (Å²) < 4.78 is 25.7. The number of sulfonamides is 1. The lowest BCUT2D eigenvalue weighted by atomic mass is 10.1. The number of piperazine rings is 1. The van der Waals surface area contributed by atoms with Gasteiger partial charge < -0.3 is 15.1 Å². The zero-order valence-corrected chi connectivity index (χ0v) is 18.0. The highest BCUT2D eigenvalue weighted by molar-refractivity contribution is 7.89. The van der Waals surface area contributed by atoms with Gasteiger partial charge in [0.2, 0.25) is 10.0 Å². The molecule has 1 heterocycles. The zero-order chi connectivity index (χ0) is 21.0. The third-order valence-electron chi connectivity index (χ3n) is 5.23. The van der Waals surface area contributed by atoms with Gasteiger partial charge in [-0.15, -0.1) is 0 Å². The number of hydrogen-bond donors (Lipinski definition) is 2. The highest BCUT2D eigenvalue weighted by Gasteiger charge is 2.23. The van der Waals surface area contributed by atoms with Crippen molar-refractivity contribution in [3.05, 3.63) is 54.1 Å². The van der Waals surface area contributed by atoms with Crippen molar-refractivity contribution < 1.29 is 18.1 Å². The van der Waals surface area contributed by atoms with Crippen LogP contribution in [0.25, 0.3) is 0 Å². The third-order valence-corrected chi connectivity index (χ3v) is 7.04. The van der Waals surface area contributed by atoms with Crippen LogP contribution in [0.1, 0.15) is 5.56 Å². The minimum atomic E-state index is -3.53. The van der Waals surface area contributed by atoms with Crippen LogP contribution in [0.4, 0.5) is 11.4 Å². The molecule has 0 radical (unpaired) electrons. The molecule has 7 nitrogen and oxygen atoms in total. The first kappa shape index (κ1) is 21.3. The van der Waals surface area contributed by atoms with Crippen LogP contribution in [0.5, 0.6) is 0 Å². The van der Waals surface area contributed by atoms with Crippen LogP contribution in [0, 0.1) is 6.92 Å². The standard InChI is InChI=1S/C21H28N4O3S/c1-17-7-4-5-10-20(17)25-13-11-24(12-14-25)16-21(26)22-18-8-6-9-19(15-18)29(27,28)23(2)3/h4-10,15H,11-14,16H2,1-3H3,(H,22,26)/p+1. The summed E-state index contributed by atoms with van der Waals surface area (Å²) in [6.45, 7) is 6.07. The maximum Gasteiger partial charge on any atom is 0.279 e. The normalized spacial score (nSPS) is 15.5. The lowest BCUT2D eigenvalue weighted by Gasteiger charge is -2.34. The molecule has 0 saturated carbocycles. The van der Waals surface area contributed by atoms with Crippen molar-refractivity contribution >= 4 is 27.3 Å². The van der Waals surface area contributed by atoms with E-state index < -0.39 is 10.0 Å². The van der Waals surface area contributed by atoms with Crippen molar-refractivity contribution in [1.82, 2.24) is 4.31 Å². The van der Waals surface area contributed by atoms with Gasteiger partial charge in [0.1, 0.15) is 0 Å². The Hall–Kier alpha value is -2.42. The van der Waals surface area contributed by atoms with Crippen molar-refractivity contribution in [2.75, 3.05) is 57.0 Å². The summed E-state index contributed by atoms with van der Waals surface area (Å²) in [6.07, 6.45) is 0. The predicted molar refractivity (Wildman–Crippen MR) is 115 cm³/mol. The molecule has 3 rings (SSSR count). The number of rotatable bonds is 6. The van der Waals surface area contributed by atoms with E-state index >= 15 is 0 Å². The van der Waals surface area contributed by atoms with E-state index in [1.165, 1.54) is 42.4 Å². The number of benzene rings is 2. The quantitative estimate of drug-likeness (QED) is 0.722. The Kier molecular flexibility index (Phi) is 6.56. The number of hydrogen-bond acceptors (Lipinski definition) is 4. The van der Waals surface area contributed by atoms with Crippen molar-refractivity contribution in [1.29, 1.82) is 0 Å². The second-order valence-electron chi connectivity index (χ2n) is 7.56. The Bertz CT molecular complexity index is 967. The van der Waals surface area contributed by atoms with Crippen LogP contribution in [0.15, 0.2) is 53.4 Å². The zero-order valence-electron chi connectivity index (χ0n) is 17.2. The molecule has 8 heteroatoms. The summed E-state index contributed by atoms with van der Waals surface area (Å²) in [6, 6.07) is 14.7. The van der Waals surface area contributed by atoms with Gasteiger partial charge in [-0.3, -0.25) is 4.79 Å². The van der Waals surface area contributed by atoms with Gasteiger partial charge in [-0.25, -0.2) is 12.7 Å². The van der Waals surface area contributed by atoms with E-state index in [9.17, 15) is 13.2 Å². The molecule has 1 aliphatic rings. The van der Waals surface area contributed by atoms with Crippen LogP contribution in [0.2, 0.25) is 0 Å². The number of nitrogens with one attached hydrogen (secondary N) is 2. The Morgan fingerprint density at radius 1 is 1.10 bits per heavy atom. The van der Waals surface area contributed by atoms with Crippen LogP contribution >= 0.6 is 0 Å². The second-order valence-corrected chi connectivity index (χ2v) is 9.72. The fraction of sp³-hybridized carbons (Fsp3) is 0.381. The monoisotopic (exact) mass is 417 g/mol. The summed E-state index contributed by atoms with van der Waals surface area (Å²) in [7, 11) is -0.554. The van der Waals surface area contributed by atoms with Gasteiger partial charge in [0.05, 0.1) is 31.1 Å². The third kappa shape index (κ3) is 5.14. The average molecular weight is 418 g/mol. The summed E-state index contributed by atoms with van der Waals surface area (Å²) >= 11 is 0. The first-order valence-corrected chi connectivity index (χ1v) is 11.2. The van der Waals surface area contributed by atoms with Crippen molar-refractivity contribution in [2.45, 2.75) is 11.8 Å². The molecule has 2 N–H and O–H groups in total. The Balaban J connectivity index is 1.55. The number of nitrogens with zero attached hydrogens (tertiary/aromatic N) is 2. The maximum atomic E-state index is 12.5. The van der Waals surface area contributed by atoms with Gasteiger partial charge >= 0.3 is 0 Å². The van der Waals surface area contributed by atoms with E-state index in [-0.39, 0.29) is 10.8 Å². The molecule has 0 atom stereocenters. The summed E-state index contributed by atoms with van der Waals surface area (Å²) in [5, 5.41) is 2.84. The Labute approximate surface area is 173 Å².